The van der Waals surface area contributed by atoms with Crippen molar-refractivity contribution < 1.29 is 13.2 Å². The van der Waals surface area contributed by atoms with Gasteiger partial charge in [-0.1, -0.05) is 30.0 Å². The standard InChI is InChI=1S/C15H14F3NS/c1-10-4-2-3-5-13(10)20-14-7-6-12(15(16,17)18)8-11(14)9-19/h2-8H,9,19H2,1H3. The van der Waals surface area contributed by atoms with Crippen LogP contribution in [-0.2, 0) is 12.7 Å². The molecule has 5 heteroatoms. The second-order valence-corrected chi connectivity index (χ2v) is 5.48. The van der Waals surface area contributed by atoms with Crippen LogP contribution in [-0.4, -0.2) is 0 Å². The Hall–Kier alpha value is -1.46. The zero-order valence-electron chi connectivity index (χ0n) is 10.9. The summed E-state index contributed by atoms with van der Waals surface area (Å²) in [7, 11) is 0. The summed E-state index contributed by atoms with van der Waals surface area (Å²) in [6, 6.07) is 11.5. The van der Waals surface area contributed by atoms with Gasteiger partial charge in [0.2, 0.25) is 0 Å². The highest BCUT2D eigenvalue weighted by atomic mass is 32.2. The third kappa shape index (κ3) is 3.35. The van der Waals surface area contributed by atoms with Crippen molar-refractivity contribution in [2.24, 2.45) is 5.73 Å². The predicted octanol–water partition coefficient (Wildman–Crippen LogP) is 4.62. The number of aryl methyl sites for hydroxylation is 1. The topological polar surface area (TPSA) is 26.0 Å². The molecule has 2 aromatic carbocycles. The Morgan fingerprint density at radius 2 is 1.75 bits per heavy atom. The van der Waals surface area contributed by atoms with Gasteiger partial charge in [0.1, 0.15) is 0 Å². The number of alkyl halides is 3. The third-order valence-corrected chi connectivity index (χ3v) is 4.22. The fraction of sp³-hybridized carbons (Fsp3) is 0.200. The van der Waals surface area contributed by atoms with Crippen LogP contribution in [0, 0.1) is 6.92 Å². The minimum atomic E-state index is -4.34. The molecule has 0 spiro atoms. The molecule has 0 unspecified atom stereocenters. The van der Waals surface area contributed by atoms with Crippen molar-refractivity contribution in [1.82, 2.24) is 0 Å². The maximum Gasteiger partial charge on any atom is 0.416 e. The van der Waals surface area contributed by atoms with Crippen molar-refractivity contribution >= 4 is 11.8 Å². The monoisotopic (exact) mass is 297 g/mol. The summed E-state index contributed by atoms with van der Waals surface area (Å²) in [6.45, 7) is 2.05. The van der Waals surface area contributed by atoms with E-state index in [1.54, 1.807) is 0 Å². The average Bonchev–Trinajstić information content (AvgIpc) is 2.40. The molecule has 0 atom stereocenters. The molecule has 20 heavy (non-hydrogen) atoms. The summed E-state index contributed by atoms with van der Waals surface area (Å²) in [5.41, 5.74) is 6.50. The maximum absolute atomic E-state index is 12.7. The lowest BCUT2D eigenvalue weighted by Crippen LogP contribution is -2.07. The van der Waals surface area contributed by atoms with Gasteiger partial charge in [-0.2, -0.15) is 13.2 Å². The lowest BCUT2D eigenvalue weighted by Gasteiger charge is -2.13. The Morgan fingerprint density at radius 1 is 1.05 bits per heavy atom. The Kier molecular flexibility index (Phi) is 4.40. The first-order valence-corrected chi connectivity index (χ1v) is 6.87. The van der Waals surface area contributed by atoms with E-state index in [4.69, 9.17) is 5.73 Å². The summed E-state index contributed by atoms with van der Waals surface area (Å²) in [5.74, 6) is 0. The lowest BCUT2D eigenvalue weighted by molar-refractivity contribution is -0.137. The molecular formula is C15H14F3NS. The largest absolute Gasteiger partial charge is 0.416 e. The molecule has 0 fully saturated rings. The zero-order chi connectivity index (χ0) is 14.8. The van der Waals surface area contributed by atoms with E-state index < -0.39 is 11.7 Å². The van der Waals surface area contributed by atoms with Gasteiger partial charge in [-0.15, -0.1) is 0 Å². The maximum atomic E-state index is 12.7. The van der Waals surface area contributed by atoms with Gasteiger partial charge in [-0.05, 0) is 42.3 Å². The number of halogens is 3. The van der Waals surface area contributed by atoms with E-state index in [0.29, 0.717) is 5.56 Å². The van der Waals surface area contributed by atoms with Crippen molar-refractivity contribution in [3.63, 3.8) is 0 Å². The first-order valence-electron chi connectivity index (χ1n) is 6.05. The normalized spacial score (nSPS) is 11.7. The van der Waals surface area contributed by atoms with Gasteiger partial charge in [0.05, 0.1) is 5.56 Å². The van der Waals surface area contributed by atoms with E-state index in [1.807, 2.05) is 31.2 Å². The number of benzene rings is 2. The second-order valence-electron chi connectivity index (χ2n) is 4.39. The van der Waals surface area contributed by atoms with Gasteiger partial charge in [0.25, 0.3) is 0 Å². The Balaban J connectivity index is 2.36. The molecule has 0 saturated carbocycles. The van der Waals surface area contributed by atoms with Crippen molar-refractivity contribution in [1.29, 1.82) is 0 Å². The Labute approximate surface area is 120 Å². The fourth-order valence-corrected chi connectivity index (χ4v) is 2.83. The fourth-order valence-electron chi connectivity index (χ4n) is 1.80. The third-order valence-electron chi connectivity index (χ3n) is 2.92. The van der Waals surface area contributed by atoms with Crippen LogP contribution in [0.1, 0.15) is 16.7 Å². The van der Waals surface area contributed by atoms with E-state index in [0.717, 1.165) is 27.5 Å². The van der Waals surface area contributed by atoms with Crippen molar-refractivity contribution in [3.05, 3.63) is 59.2 Å². The lowest BCUT2D eigenvalue weighted by atomic mass is 10.1. The van der Waals surface area contributed by atoms with E-state index in [1.165, 1.54) is 17.8 Å². The van der Waals surface area contributed by atoms with Crippen LogP contribution >= 0.6 is 11.8 Å². The van der Waals surface area contributed by atoms with E-state index in [2.05, 4.69) is 0 Å². The molecule has 0 amide bonds. The summed E-state index contributed by atoms with van der Waals surface area (Å²) in [6.07, 6.45) is -4.34. The summed E-state index contributed by atoms with van der Waals surface area (Å²) < 4.78 is 38.0. The molecule has 0 bridgehead atoms. The van der Waals surface area contributed by atoms with Crippen LogP contribution < -0.4 is 5.73 Å². The van der Waals surface area contributed by atoms with E-state index in [9.17, 15) is 13.2 Å². The highest BCUT2D eigenvalue weighted by molar-refractivity contribution is 7.99. The van der Waals surface area contributed by atoms with Gasteiger partial charge >= 0.3 is 6.18 Å². The number of rotatable bonds is 3. The molecule has 0 saturated heterocycles. The van der Waals surface area contributed by atoms with Gasteiger partial charge in [-0.25, -0.2) is 0 Å². The Bertz CT molecular complexity index is 608. The molecule has 1 nitrogen and oxygen atoms in total. The quantitative estimate of drug-likeness (QED) is 0.894. The molecule has 0 aliphatic heterocycles. The molecule has 0 aromatic heterocycles. The van der Waals surface area contributed by atoms with Crippen LogP contribution in [0.5, 0.6) is 0 Å². The molecule has 2 aromatic rings. The molecule has 2 N–H and O–H groups in total. The molecule has 106 valence electrons. The molecule has 0 aliphatic rings. The van der Waals surface area contributed by atoms with Crippen LogP contribution in [0.15, 0.2) is 52.3 Å². The SMILES string of the molecule is Cc1ccccc1Sc1ccc(C(F)(F)F)cc1CN. The minimum absolute atomic E-state index is 0.0815. The molecule has 0 aliphatic carbocycles. The summed E-state index contributed by atoms with van der Waals surface area (Å²) in [5, 5.41) is 0. The summed E-state index contributed by atoms with van der Waals surface area (Å²) >= 11 is 1.44. The molecule has 2 rings (SSSR count). The zero-order valence-corrected chi connectivity index (χ0v) is 11.7. The van der Waals surface area contributed by atoms with Crippen LogP contribution in [0.25, 0.3) is 0 Å². The average molecular weight is 297 g/mol. The summed E-state index contributed by atoms with van der Waals surface area (Å²) in [4.78, 5) is 1.77. The first-order chi connectivity index (χ1) is 9.41. The smallest absolute Gasteiger partial charge is 0.326 e. The predicted molar refractivity (Wildman–Crippen MR) is 74.6 cm³/mol. The second kappa shape index (κ2) is 5.89. The first kappa shape index (κ1) is 14.9. The molecular weight excluding hydrogens is 283 g/mol. The van der Waals surface area contributed by atoms with Gasteiger partial charge in [0.15, 0.2) is 0 Å². The van der Waals surface area contributed by atoms with Crippen molar-refractivity contribution in [3.8, 4) is 0 Å². The van der Waals surface area contributed by atoms with Crippen LogP contribution in [0.3, 0.4) is 0 Å². The number of hydrogen-bond acceptors (Lipinski definition) is 2. The van der Waals surface area contributed by atoms with Crippen LogP contribution in [0.2, 0.25) is 0 Å². The molecule has 0 radical (unpaired) electrons. The van der Waals surface area contributed by atoms with Gasteiger partial charge < -0.3 is 5.73 Å². The minimum Gasteiger partial charge on any atom is -0.326 e. The number of nitrogens with two attached hydrogens (primary N) is 1. The van der Waals surface area contributed by atoms with E-state index in [-0.39, 0.29) is 6.54 Å². The van der Waals surface area contributed by atoms with Crippen molar-refractivity contribution in [2.45, 2.75) is 29.4 Å². The van der Waals surface area contributed by atoms with Crippen molar-refractivity contribution in [2.75, 3.05) is 0 Å². The Morgan fingerprint density at radius 3 is 2.35 bits per heavy atom. The molecule has 0 heterocycles. The van der Waals surface area contributed by atoms with Gasteiger partial charge in [-0.3, -0.25) is 0 Å². The van der Waals surface area contributed by atoms with Gasteiger partial charge in [0, 0.05) is 16.3 Å². The van der Waals surface area contributed by atoms with E-state index >= 15 is 0 Å². The highest BCUT2D eigenvalue weighted by Gasteiger charge is 2.30. The number of hydrogen-bond donors (Lipinski definition) is 1. The van der Waals surface area contributed by atoms with Crippen LogP contribution in [0.4, 0.5) is 13.2 Å². The highest BCUT2D eigenvalue weighted by Crippen LogP contribution is 2.36.